The Morgan fingerprint density at radius 3 is 2.85 bits per heavy atom. The van der Waals surface area contributed by atoms with Crippen LogP contribution in [0.15, 0.2) is 31.0 Å². The van der Waals surface area contributed by atoms with Gasteiger partial charge in [-0.2, -0.15) is 0 Å². The summed E-state index contributed by atoms with van der Waals surface area (Å²) in [6.45, 7) is 0. The highest BCUT2D eigenvalue weighted by Crippen LogP contribution is 2.17. The van der Waals surface area contributed by atoms with E-state index in [0.717, 1.165) is 19.3 Å². The van der Waals surface area contributed by atoms with E-state index in [1.54, 1.807) is 35.6 Å². The average Bonchev–Trinajstić information content (AvgIpc) is 3.11. The summed E-state index contributed by atoms with van der Waals surface area (Å²) < 4.78 is 1.66. The second-order valence-corrected chi connectivity index (χ2v) is 5.02. The molecule has 104 valence electrons. The van der Waals surface area contributed by atoms with Gasteiger partial charge in [0.25, 0.3) is 5.91 Å². The molecule has 1 aliphatic carbocycles. The topological polar surface area (TPSA) is 98.7 Å². The van der Waals surface area contributed by atoms with E-state index in [0.29, 0.717) is 11.4 Å². The number of carbonyl (C=O) groups is 1. The van der Waals surface area contributed by atoms with Crippen molar-refractivity contribution in [2.45, 2.75) is 31.3 Å². The summed E-state index contributed by atoms with van der Waals surface area (Å²) in [5, 5.41) is 10.5. The number of hydrogen-bond acceptors (Lipinski definition) is 5. The van der Waals surface area contributed by atoms with Crippen LogP contribution in [0.4, 0.5) is 0 Å². The van der Waals surface area contributed by atoms with Crippen molar-refractivity contribution >= 4 is 5.91 Å². The van der Waals surface area contributed by atoms with E-state index >= 15 is 0 Å². The monoisotopic (exact) mass is 272 g/mol. The van der Waals surface area contributed by atoms with E-state index < -0.39 is 0 Å². The fourth-order valence-electron chi connectivity index (χ4n) is 2.44. The third-order valence-corrected chi connectivity index (χ3v) is 3.50. The van der Waals surface area contributed by atoms with Gasteiger partial charge < -0.3 is 11.1 Å². The Morgan fingerprint density at radius 2 is 2.15 bits per heavy atom. The maximum atomic E-state index is 12.2. The molecule has 0 saturated heterocycles. The van der Waals surface area contributed by atoms with E-state index in [4.69, 9.17) is 5.73 Å². The minimum absolute atomic E-state index is 0.0965. The van der Waals surface area contributed by atoms with Crippen LogP contribution < -0.4 is 11.1 Å². The lowest BCUT2D eigenvalue weighted by atomic mass is 10.2. The van der Waals surface area contributed by atoms with Gasteiger partial charge in [0, 0.05) is 23.8 Å². The Kier molecular flexibility index (Phi) is 3.42. The summed E-state index contributed by atoms with van der Waals surface area (Å²) in [4.78, 5) is 16.4. The quantitative estimate of drug-likeness (QED) is 0.835. The van der Waals surface area contributed by atoms with Crippen LogP contribution in [-0.2, 0) is 0 Å². The first-order valence-corrected chi connectivity index (χ1v) is 6.60. The molecule has 2 atom stereocenters. The number of nitrogens with one attached hydrogen (secondary N) is 1. The van der Waals surface area contributed by atoms with Crippen molar-refractivity contribution in [2.75, 3.05) is 0 Å². The molecule has 1 amide bonds. The number of aromatic nitrogens is 4. The van der Waals surface area contributed by atoms with Crippen LogP contribution in [0.2, 0.25) is 0 Å². The summed E-state index contributed by atoms with van der Waals surface area (Å²) in [6.07, 6.45) is 7.43. The van der Waals surface area contributed by atoms with E-state index in [9.17, 15) is 4.79 Å². The molecule has 1 aliphatic rings. The highest BCUT2D eigenvalue weighted by molar-refractivity contribution is 5.94. The smallest absolute Gasteiger partial charge is 0.251 e. The Morgan fingerprint density at radius 1 is 1.35 bits per heavy atom. The summed E-state index contributed by atoms with van der Waals surface area (Å²) in [7, 11) is 0. The van der Waals surface area contributed by atoms with Crippen LogP contribution in [0.25, 0.3) is 5.82 Å². The molecule has 7 nitrogen and oxygen atoms in total. The van der Waals surface area contributed by atoms with Gasteiger partial charge in [0.15, 0.2) is 0 Å². The molecule has 0 aliphatic heterocycles. The first kappa shape index (κ1) is 12.7. The molecule has 3 rings (SSSR count). The second-order valence-electron chi connectivity index (χ2n) is 5.02. The summed E-state index contributed by atoms with van der Waals surface area (Å²) in [5.74, 6) is 0.520. The predicted octanol–water partition coefficient (Wildman–Crippen LogP) is 0.272. The lowest BCUT2D eigenvalue weighted by molar-refractivity contribution is 0.0937. The molecule has 2 aromatic heterocycles. The maximum absolute atomic E-state index is 12.2. The Bertz CT molecular complexity index is 597. The number of nitrogens with zero attached hydrogens (tertiary/aromatic N) is 4. The van der Waals surface area contributed by atoms with Crippen LogP contribution in [0.3, 0.4) is 0 Å². The number of rotatable bonds is 3. The molecule has 0 unspecified atom stereocenters. The highest BCUT2D eigenvalue weighted by Gasteiger charge is 2.23. The third kappa shape index (κ3) is 2.67. The van der Waals surface area contributed by atoms with Gasteiger partial charge in [0.05, 0.1) is 0 Å². The lowest BCUT2D eigenvalue weighted by Gasteiger charge is -2.12. The molecule has 0 spiro atoms. The van der Waals surface area contributed by atoms with E-state index in [1.165, 1.54) is 0 Å². The second kappa shape index (κ2) is 5.38. The normalized spacial score (nSPS) is 21.9. The minimum atomic E-state index is -0.0965. The van der Waals surface area contributed by atoms with Crippen molar-refractivity contribution < 1.29 is 4.79 Å². The van der Waals surface area contributed by atoms with Crippen molar-refractivity contribution in [2.24, 2.45) is 5.73 Å². The predicted molar refractivity (Wildman–Crippen MR) is 72.2 cm³/mol. The summed E-state index contributed by atoms with van der Waals surface area (Å²) in [5.41, 5.74) is 6.42. The van der Waals surface area contributed by atoms with Gasteiger partial charge in [-0.05, 0) is 31.4 Å². The van der Waals surface area contributed by atoms with Crippen molar-refractivity contribution in [3.05, 3.63) is 36.5 Å². The number of pyridine rings is 1. The number of nitrogens with two attached hydrogens (primary N) is 1. The van der Waals surface area contributed by atoms with Crippen LogP contribution in [0.1, 0.15) is 29.6 Å². The molecule has 3 N–H and O–H groups in total. The highest BCUT2D eigenvalue weighted by atomic mass is 16.1. The zero-order valence-corrected chi connectivity index (χ0v) is 10.9. The van der Waals surface area contributed by atoms with Gasteiger partial charge in [0.1, 0.15) is 18.5 Å². The van der Waals surface area contributed by atoms with Gasteiger partial charge in [-0.15, -0.1) is 10.2 Å². The first-order chi connectivity index (χ1) is 9.72. The first-order valence-electron chi connectivity index (χ1n) is 6.60. The molecule has 2 aromatic rings. The number of hydrogen-bond donors (Lipinski definition) is 2. The SMILES string of the molecule is N[C@@H]1CC[C@@H](NC(=O)c2ccnc(-n3cnnc3)c2)C1. The average molecular weight is 272 g/mol. The van der Waals surface area contributed by atoms with Crippen LogP contribution in [0.5, 0.6) is 0 Å². The standard InChI is InChI=1S/C13H16N6O/c14-10-1-2-11(6-10)18-13(20)9-3-4-15-12(5-9)19-7-16-17-8-19/h3-5,7-8,10-11H,1-2,6,14H2,(H,18,20)/t10-,11-/m1/s1. The summed E-state index contributed by atoms with van der Waals surface area (Å²) >= 11 is 0. The molecular formula is C13H16N6O. The van der Waals surface area contributed by atoms with Crippen molar-refractivity contribution in [1.82, 2.24) is 25.1 Å². The van der Waals surface area contributed by atoms with Crippen LogP contribution in [-0.4, -0.2) is 37.7 Å². The van der Waals surface area contributed by atoms with E-state index in [-0.39, 0.29) is 18.0 Å². The van der Waals surface area contributed by atoms with Crippen LogP contribution >= 0.6 is 0 Å². The van der Waals surface area contributed by atoms with Gasteiger partial charge >= 0.3 is 0 Å². The van der Waals surface area contributed by atoms with Crippen LogP contribution in [0, 0.1) is 0 Å². The minimum Gasteiger partial charge on any atom is -0.349 e. The molecule has 20 heavy (non-hydrogen) atoms. The maximum Gasteiger partial charge on any atom is 0.251 e. The molecule has 0 aromatic carbocycles. The van der Waals surface area contributed by atoms with E-state index in [2.05, 4.69) is 20.5 Å². The fraction of sp³-hybridized carbons (Fsp3) is 0.385. The molecule has 0 bridgehead atoms. The summed E-state index contributed by atoms with van der Waals surface area (Å²) in [6, 6.07) is 3.78. The Hall–Kier alpha value is -2.28. The Balaban J connectivity index is 1.73. The van der Waals surface area contributed by atoms with Crippen molar-refractivity contribution in [3.63, 3.8) is 0 Å². The van der Waals surface area contributed by atoms with Crippen molar-refractivity contribution in [1.29, 1.82) is 0 Å². The fourth-order valence-corrected chi connectivity index (χ4v) is 2.44. The molecule has 7 heteroatoms. The third-order valence-electron chi connectivity index (χ3n) is 3.50. The van der Waals surface area contributed by atoms with Gasteiger partial charge in [-0.25, -0.2) is 4.98 Å². The molecule has 0 radical (unpaired) electrons. The number of amides is 1. The molecule has 2 heterocycles. The van der Waals surface area contributed by atoms with Gasteiger partial charge in [0.2, 0.25) is 0 Å². The zero-order valence-electron chi connectivity index (χ0n) is 10.9. The Labute approximate surface area is 116 Å². The molecular weight excluding hydrogens is 256 g/mol. The number of carbonyl (C=O) groups excluding carboxylic acids is 1. The van der Waals surface area contributed by atoms with Gasteiger partial charge in [-0.1, -0.05) is 0 Å². The largest absolute Gasteiger partial charge is 0.349 e. The van der Waals surface area contributed by atoms with Gasteiger partial charge in [-0.3, -0.25) is 9.36 Å². The molecule has 1 saturated carbocycles. The molecule has 1 fully saturated rings. The van der Waals surface area contributed by atoms with Crippen molar-refractivity contribution in [3.8, 4) is 5.82 Å². The lowest BCUT2D eigenvalue weighted by Crippen LogP contribution is -2.34. The zero-order chi connectivity index (χ0) is 13.9. The van der Waals surface area contributed by atoms with E-state index in [1.807, 2.05) is 0 Å².